The molecule has 1 heterocycles. The topological polar surface area (TPSA) is 102 Å². The maximum Gasteiger partial charge on any atom is 0.512 e. The predicted molar refractivity (Wildman–Crippen MR) is 80.3 cm³/mol. The van der Waals surface area contributed by atoms with Crippen LogP contribution in [0.25, 0.3) is 10.8 Å². The number of alkyl halides is 3. The van der Waals surface area contributed by atoms with Gasteiger partial charge in [-0.15, -0.1) is 0 Å². The van der Waals surface area contributed by atoms with E-state index in [0.29, 0.717) is 16.1 Å². The summed E-state index contributed by atoms with van der Waals surface area (Å²) < 4.78 is 91.5. The molecule has 1 fully saturated rings. The van der Waals surface area contributed by atoms with Gasteiger partial charge in [0.2, 0.25) is 0 Å². The van der Waals surface area contributed by atoms with Crippen molar-refractivity contribution in [3.8, 4) is 5.75 Å². The maximum absolute atomic E-state index is 12.2. The summed E-state index contributed by atoms with van der Waals surface area (Å²) in [7, 11) is -11.3. The number of hydrogen-bond donors (Lipinski definition) is 1. The fourth-order valence-electron chi connectivity index (χ4n) is 2.06. The van der Waals surface area contributed by atoms with E-state index in [9.17, 15) is 30.0 Å². The van der Waals surface area contributed by atoms with E-state index in [2.05, 4.69) is 4.18 Å². The van der Waals surface area contributed by atoms with Crippen LogP contribution in [0.1, 0.15) is 11.7 Å². The summed E-state index contributed by atoms with van der Waals surface area (Å²) >= 11 is 0. The first-order valence-corrected chi connectivity index (χ1v) is 9.56. The molecular formula is C13H10F3NO6S2. The van der Waals surface area contributed by atoms with Gasteiger partial charge in [-0.1, -0.05) is 22.3 Å². The van der Waals surface area contributed by atoms with Crippen molar-refractivity contribution in [2.75, 3.05) is 6.61 Å². The summed E-state index contributed by atoms with van der Waals surface area (Å²) in [5.41, 5.74) is -4.85. The zero-order valence-electron chi connectivity index (χ0n) is 12.1. The molecule has 0 aliphatic carbocycles. The van der Waals surface area contributed by atoms with Crippen molar-refractivity contribution in [3.63, 3.8) is 0 Å². The van der Waals surface area contributed by atoms with Gasteiger partial charge in [0.25, 0.3) is 0 Å². The van der Waals surface area contributed by atoms with E-state index in [4.69, 9.17) is 4.74 Å². The van der Waals surface area contributed by atoms with Gasteiger partial charge in [-0.05, 0) is 34.5 Å². The summed E-state index contributed by atoms with van der Waals surface area (Å²) in [5, 5.41) is 1.28. The number of ether oxygens (including phenoxy) is 1. The molecule has 7 nitrogen and oxygen atoms in total. The standard InChI is InChI=1S/C13H10F3NO6S2/c14-13(15,16)24(18,19)17-25(20,21)23-11-4-3-8-5-10(12-7-22-12)2-1-9(8)6-11/h1-6,12,17H,7H2. The minimum absolute atomic E-state index is 0.0254. The van der Waals surface area contributed by atoms with Crippen LogP contribution >= 0.6 is 0 Å². The highest BCUT2D eigenvalue weighted by Crippen LogP contribution is 2.32. The van der Waals surface area contributed by atoms with Gasteiger partial charge in [-0.2, -0.15) is 21.6 Å². The largest absolute Gasteiger partial charge is 0.512 e. The van der Waals surface area contributed by atoms with Crippen molar-refractivity contribution < 1.29 is 38.9 Å². The van der Waals surface area contributed by atoms with Crippen molar-refractivity contribution >= 4 is 31.1 Å². The number of fused-ring (bicyclic) bond motifs is 1. The first-order valence-electron chi connectivity index (χ1n) is 6.66. The Labute approximate surface area is 140 Å². The molecule has 3 rings (SSSR count). The molecule has 25 heavy (non-hydrogen) atoms. The summed E-state index contributed by atoms with van der Waals surface area (Å²) in [6.07, 6.45) is 0.0254. The van der Waals surface area contributed by atoms with Crippen molar-refractivity contribution in [2.24, 2.45) is 0 Å². The van der Waals surface area contributed by atoms with Crippen molar-refractivity contribution in [1.82, 2.24) is 4.13 Å². The third kappa shape index (κ3) is 4.03. The molecule has 0 bridgehead atoms. The lowest BCUT2D eigenvalue weighted by Crippen LogP contribution is -2.42. The number of hydrogen-bond acceptors (Lipinski definition) is 6. The SMILES string of the molecule is O=S(=O)(NS(=O)(=O)C(F)(F)F)Oc1ccc2cc(C3CO3)ccc2c1. The smallest absolute Gasteiger partial charge is 0.370 e. The Morgan fingerprint density at radius 1 is 1.04 bits per heavy atom. The van der Waals surface area contributed by atoms with Crippen LogP contribution in [0.4, 0.5) is 13.2 Å². The lowest BCUT2D eigenvalue weighted by Gasteiger charge is -2.11. The summed E-state index contributed by atoms with van der Waals surface area (Å²) in [4.78, 5) is 0. The third-order valence-corrected chi connectivity index (χ3v) is 5.98. The molecule has 0 spiro atoms. The van der Waals surface area contributed by atoms with Crippen LogP contribution in [0.2, 0.25) is 0 Å². The number of halogens is 3. The van der Waals surface area contributed by atoms with E-state index in [0.717, 1.165) is 10.9 Å². The fraction of sp³-hybridized carbons (Fsp3) is 0.231. The second-order valence-electron chi connectivity index (χ2n) is 5.16. The Bertz CT molecular complexity index is 1030. The van der Waals surface area contributed by atoms with E-state index < -0.39 is 25.8 Å². The molecule has 1 N–H and O–H groups in total. The summed E-state index contributed by atoms with van der Waals surface area (Å²) in [5.74, 6) is -0.340. The summed E-state index contributed by atoms with van der Waals surface area (Å²) in [6.45, 7) is 0.615. The highest BCUT2D eigenvalue weighted by atomic mass is 32.3. The van der Waals surface area contributed by atoms with Crippen LogP contribution in [-0.2, 0) is 25.1 Å². The van der Waals surface area contributed by atoms with E-state index in [1.54, 1.807) is 12.1 Å². The third-order valence-electron chi connectivity index (χ3n) is 3.26. The van der Waals surface area contributed by atoms with Crippen LogP contribution in [0.3, 0.4) is 0 Å². The van der Waals surface area contributed by atoms with Crippen molar-refractivity contribution in [1.29, 1.82) is 0 Å². The van der Waals surface area contributed by atoms with Crippen LogP contribution in [-0.4, -0.2) is 29.0 Å². The van der Waals surface area contributed by atoms with Gasteiger partial charge in [0, 0.05) is 0 Å². The molecule has 1 aliphatic rings. The second kappa shape index (κ2) is 5.83. The van der Waals surface area contributed by atoms with Gasteiger partial charge in [-0.25, -0.2) is 8.42 Å². The first-order chi connectivity index (χ1) is 11.5. The Morgan fingerprint density at radius 3 is 2.24 bits per heavy atom. The predicted octanol–water partition coefficient (Wildman–Crippen LogP) is 1.97. The Morgan fingerprint density at radius 2 is 1.64 bits per heavy atom. The molecule has 2 aromatic rings. The zero-order valence-corrected chi connectivity index (χ0v) is 13.8. The van der Waals surface area contributed by atoms with Gasteiger partial charge in [0.05, 0.1) is 6.61 Å². The average Bonchev–Trinajstić information content (AvgIpc) is 3.28. The lowest BCUT2D eigenvalue weighted by molar-refractivity contribution is -0.0442. The minimum atomic E-state index is -6.10. The molecule has 136 valence electrons. The molecule has 1 atom stereocenters. The summed E-state index contributed by atoms with van der Waals surface area (Å²) in [6, 6.07) is 9.17. The number of nitrogens with one attached hydrogen (secondary N) is 1. The highest BCUT2D eigenvalue weighted by molar-refractivity contribution is 8.03. The molecule has 1 aliphatic heterocycles. The average molecular weight is 397 g/mol. The van der Waals surface area contributed by atoms with Crippen LogP contribution in [0.15, 0.2) is 36.4 Å². The monoisotopic (exact) mass is 397 g/mol. The minimum Gasteiger partial charge on any atom is -0.370 e. The van der Waals surface area contributed by atoms with Crippen LogP contribution < -0.4 is 8.31 Å². The molecule has 1 saturated heterocycles. The van der Waals surface area contributed by atoms with Gasteiger partial charge in [0.1, 0.15) is 11.9 Å². The van der Waals surface area contributed by atoms with Gasteiger partial charge < -0.3 is 8.92 Å². The Kier molecular flexibility index (Phi) is 4.18. The molecule has 0 aromatic heterocycles. The normalized spacial score (nSPS) is 18.3. The van der Waals surface area contributed by atoms with Gasteiger partial charge >= 0.3 is 25.8 Å². The Balaban J connectivity index is 1.83. The van der Waals surface area contributed by atoms with E-state index in [1.165, 1.54) is 18.2 Å². The number of sulfonamides is 1. The molecule has 0 radical (unpaired) electrons. The zero-order chi connectivity index (χ0) is 18.5. The molecular weight excluding hydrogens is 387 g/mol. The number of epoxide rings is 1. The molecule has 1 unspecified atom stereocenters. The van der Waals surface area contributed by atoms with Crippen LogP contribution in [0.5, 0.6) is 5.75 Å². The van der Waals surface area contributed by atoms with Gasteiger partial charge in [0.15, 0.2) is 0 Å². The number of rotatable bonds is 5. The van der Waals surface area contributed by atoms with E-state index in [1.807, 2.05) is 6.07 Å². The lowest BCUT2D eigenvalue weighted by atomic mass is 10.1. The first kappa shape index (κ1) is 17.9. The second-order valence-corrected chi connectivity index (χ2v) is 8.37. The quantitative estimate of drug-likeness (QED) is 0.774. The molecule has 12 heteroatoms. The number of benzene rings is 2. The van der Waals surface area contributed by atoms with Crippen molar-refractivity contribution in [2.45, 2.75) is 11.6 Å². The maximum atomic E-state index is 12.2. The highest BCUT2D eigenvalue weighted by Gasteiger charge is 2.48. The van der Waals surface area contributed by atoms with Crippen molar-refractivity contribution in [3.05, 3.63) is 42.0 Å². The molecule has 0 amide bonds. The Hall–Kier alpha value is -1.89. The molecule has 0 saturated carbocycles. The fourth-order valence-corrected chi connectivity index (χ4v) is 4.01. The van der Waals surface area contributed by atoms with E-state index >= 15 is 0 Å². The molecule has 2 aromatic carbocycles. The van der Waals surface area contributed by atoms with Gasteiger partial charge in [-0.3, -0.25) is 0 Å². The van der Waals surface area contributed by atoms with Crippen LogP contribution in [0, 0.1) is 0 Å². The van der Waals surface area contributed by atoms with E-state index in [-0.39, 0.29) is 11.9 Å².